The van der Waals surface area contributed by atoms with E-state index in [1.54, 1.807) is 12.1 Å². The minimum absolute atomic E-state index is 0. The van der Waals surface area contributed by atoms with Crippen LogP contribution in [-0.4, -0.2) is 20.6 Å². The number of nitrogens with zero attached hydrogens (tertiary/aromatic N) is 1. The summed E-state index contributed by atoms with van der Waals surface area (Å²) in [7, 11) is -3.34. The standard InChI is InChI=1S/C18H22ClN3O2S.HI/c1-12(2)14-5-4-6-15(10-14)22-18(20)21-11-13-7-8-17(16(19)9-13)25(3,23)24;/h4-10,12H,11H2,1-3H3,(H3,20,21,22);1H. The lowest BCUT2D eigenvalue weighted by molar-refractivity contribution is 0.602. The number of nitrogens with one attached hydrogen (secondary N) is 1. The highest BCUT2D eigenvalue weighted by molar-refractivity contribution is 14.0. The van der Waals surface area contributed by atoms with Crippen molar-refractivity contribution in [3.05, 3.63) is 58.6 Å². The second-order valence-electron chi connectivity index (χ2n) is 6.14. The maximum absolute atomic E-state index is 11.6. The first-order valence-corrected chi connectivity index (χ1v) is 10.1. The molecule has 0 aliphatic heterocycles. The second-order valence-corrected chi connectivity index (χ2v) is 8.53. The molecule has 3 N–H and O–H groups in total. The fraction of sp³-hybridized carbons (Fsp3) is 0.278. The van der Waals surface area contributed by atoms with Crippen molar-refractivity contribution in [1.82, 2.24) is 0 Å². The van der Waals surface area contributed by atoms with Gasteiger partial charge < -0.3 is 11.1 Å². The summed E-state index contributed by atoms with van der Waals surface area (Å²) in [6, 6.07) is 12.7. The van der Waals surface area contributed by atoms with Gasteiger partial charge in [0, 0.05) is 11.9 Å². The molecule has 0 spiro atoms. The van der Waals surface area contributed by atoms with Crippen LogP contribution in [0.1, 0.15) is 30.9 Å². The van der Waals surface area contributed by atoms with E-state index >= 15 is 0 Å². The molecule has 0 radical (unpaired) electrons. The maximum Gasteiger partial charge on any atom is 0.193 e. The molecule has 0 bridgehead atoms. The summed E-state index contributed by atoms with van der Waals surface area (Å²) >= 11 is 6.03. The van der Waals surface area contributed by atoms with Crippen LogP contribution in [0.4, 0.5) is 5.69 Å². The lowest BCUT2D eigenvalue weighted by Crippen LogP contribution is -2.22. The molecule has 0 saturated carbocycles. The van der Waals surface area contributed by atoms with Crippen LogP contribution >= 0.6 is 35.6 Å². The first kappa shape index (κ1) is 22.7. The van der Waals surface area contributed by atoms with Crippen LogP contribution in [0.15, 0.2) is 52.4 Å². The summed E-state index contributed by atoms with van der Waals surface area (Å²) in [6.45, 7) is 4.55. The Balaban J connectivity index is 0.00000338. The van der Waals surface area contributed by atoms with Crippen LogP contribution in [0.3, 0.4) is 0 Å². The average Bonchev–Trinajstić information content (AvgIpc) is 2.52. The summed E-state index contributed by atoms with van der Waals surface area (Å²) in [5, 5.41) is 3.24. The molecule has 2 aromatic rings. The van der Waals surface area contributed by atoms with Gasteiger partial charge in [-0.15, -0.1) is 24.0 Å². The smallest absolute Gasteiger partial charge is 0.193 e. The van der Waals surface area contributed by atoms with Crippen LogP contribution in [0, 0.1) is 0 Å². The van der Waals surface area contributed by atoms with E-state index in [0.717, 1.165) is 17.5 Å². The molecule has 0 fully saturated rings. The Morgan fingerprint density at radius 2 is 1.92 bits per heavy atom. The van der Waals surface area contributed by atoms with Gasteiger partial charge in [0.15, 0.2) is 15.8 Å². The van der Waals surface area contributed by atoms with Gasteiger partial charge in [-0.1, -0.05) is 43.6 Å². The zero-order valence-electron chi connectivity index (χ0n) is 14.9. The molecule has 142 valence electrons. The van der Waals surface area contributed by atoms with E-state index in [1.807, 2.05) is 18.2 Å². The van der Waals surface area contributed by atoms with Crippen molar-refractivity contribution >= 4 is 57.1 Å². The van der Waals surface area contributed by atoms with E-state index in [9.17, 15) is 8.42 Å². The van der Waals surface area contributed by atoms with E-state index in [2.05, 4.69) is 30.2 Å². The molecule has 0 heterocycles. The third-order valence-corrected chi connectivity index (χ3v) is 5.23. The normalized spacial score (nSPS) is 12.0. The number of guanidine groups is 1. The molecular formula is C18H23ClIN3O2S. The van der Waals surface area contributed by atoms with Crippen LogP contribution in [0.2, 0.25) is 5.02 Å². The topological polar surface area (TPSA) is 84.5 Å². The SMILES string of the molecule is CC(C)c1cccc(NC(N)=NCc2ccc(S(C)(=O)=O)c(Cl)c2)c1.I. The van der Waals surface area contributed by atoms with Gasteiger partial charge in [-0.3, -0.25) is 0 Å². The molecule has 0 aromatic heterocycles. The lowest BCUT2D eigenvalue weighted by atomic mass is 10.0. The Kier molecular flexibility index (Phi) is 8.36. The van der Waals surface area contributed by atoms with Crippen molar-refractivity contribution in [2.24, 2.45) is 10.7 Å². The molecule has 0 atom stereocenters. The van der Waals surface area contributed by atoms with Gasteiger partial charge in [0.05, 0.1) is 16.5 Å². The van der Waals surface area contributed by atoms with Crippen molar-refractivity contribution in [3.63, 3.8) is 0 Å². The first-order valence-electron chi connectivity index (χ1n) is 7.82. The Morgan fingerprint density at radius 3 is 2.50 bits per heavy atom. The van der Waals surface area contributed by atoms with Crippen LogP contribution in [0.25, 0.3) is 0 Å². The Bertz CT molecular complexity index is 899. The molecule has 0 aliphatic carbocycles. The third kappa shape index (κ3) is 6.44. The number of halogens is 2. The predicted molar refractivity (Wildman–Crippen MR) is 119 cm³/mol. The summed E-state index contributed by atoms with van der Waals surface area (Å²) < 4.78 is 23.1. The molecule has 5 nitrogen and oxygen atoms in total. The van der Waals surface area contributed by atoms with Crippen molar-refractivity contribution in [2.75, 3.05) is 11.6 Å². The van der Waals surface area contributed by atoms with Gasteiger partial charge in [-0.25, -0.2) is 13.4 Å². The zero-order valence-corrected chi connectivity index (χ0v) is 18.8. The van der Waals surface area contributed by atoms with Crippen molar-refractivity contribution in [3.8, 4) is 0 Å². The number of hydrogen-bond donors (Lipinski definition) is 2. The van der Waals surface area contributed by atoms with Crippen molar-refractivity contribution in [1.29, 1.82) is 0 Å². The third-order valence-electron chi connectivity index (χ3n) is 3.65. The minimum Gasteiger partial charge on any atom is -0.370 e. The van der Waals surface area contributed by atoms with Gasteiger partial charge in [-0.05, 0) is 41.3 Å². The van der Waals surface area contributed by atoms with Crippen LogP contribution in [0.5, 0.6) is 0 Å². The predicted octanol–water partition coefficient (Wildman–Crippen LogP) is 4.41. The molecule has 8 heteroatoms. The van der Waals surface area contributed by atoms with Gasteiger partial charge in [0.25, 0.3) is 0 Å². The number of hydrogen-bond acceptors (Lipinski definition) is 3. The van der Waals surface area contributed by atoms with Crippen LogP contribution < -0.4 is 11.1 Å². The zero-order chi connectivity index (χ0) is 18.6. The number of anilines is 1. The molecule has 2 rings (SSSR count). The number of aliphatic imine (C=N–C) groups is 1. The van der Waals surface area contributed by atoms with Gasteiger partial charge in [0.1, 0.15) is 0 Å². The minimum atomic E-state index is -3.34. The van der Waals surface area contributed by atoms with Crippen LogP contribution in [-0.2, 0) is 16.4 Å². The lowest BCUT2D eigenvalue weighted by Gasteiger charge is -2.10. The summed E-state index contributed by atoms with van der Waals surface area (Å²) in [4.78, 5) is 4.38. The van der Waals surface area contributed by atoms with E-state index < -0.39 is 9.84 Å². The summed E-state index contributed by atoms with van der Waals surface area (Å²) in [5.41, 5.74) is 8.79. The largest absolute Gasteiger partial charge is 0.370 e. The molecule has 0 amide bonds. The number of nitrogens with two attached hydrogens (primary N) is 1. The monoisotopic (exact) mass is 507 g/mol. The fourth-order valence-corrected chi connectivity index (χ4v) is 3.63. The fourth-order valence-electron chi connectivity index (χ4n) is 2.28. The van der Waals surface area contributed by atoms with E-state index in [4.69, 9.17) is 17.3 Å². The molecule has 0 saturated heterocycles. The molecule has 26 heavy (non-hydrogen) atoms. The highest BCUT2D eigenvalue weighted by Crippen LogP contribution is 2.23. The second kappa shape index (κ2) is 9.57. The highest BCUT2D eigenvalue weighted by Gasteiger charge is 2.12. The average molecular weight is 508 g/mol. The number of benzene rings is 2. The van der Waals surface area contributed by atoms with E-state index in [1.165, 1.54) is 11.6 Å². The van der Waals surface area contributed by atoms with Gasteiger partial charge in [-0.2, -0.15) is 0 Å². The van der Waals surface area contributed by atoms with Crippen molar-refractivity contribution in [2.45, 2.75) is 31.2 Å². The Labute approximate surface area is 177 Å². The molecule has 2 aromatic carbocycles. The number of rotatable bonds is 5. The Hall–Kier alpha value is -1.32. The highest BCUT2D eigenvalue weighted by atomic mass is 127. The molecule has 0 aliphatic rings. The molecular weight excluding hydrogens is 485 g/mol. The van der Waals surface area contributed by atoms with E-state index in [0.29, 0.717) is 12.5 Å². The number of sulfone groups is 1. The summed E-state index contributed by atoms with van der Waals surface area (Å²) in [5.74, 6) is 0.708. The summed E-state index contributed by atoms with van der Waals surface area (Å²) in [6.07, 6.45) is 1.12. The Morgan fingerprint density at radius 1 is 1.23 bits per heavy atom. The quantitative estimate of drug-likeness (QED) is 0.357. The van der Waals surface area contributed by atoms with Gasteiger partial charge in [0.2, 0.25) is 0 Å². The molecule has 0 unspecified atom stereocenters. The van der Waals surface area contributed by atoms with E-state index in [-0.39, 0.29) is 39.9 Å². The maximum atomic E-state index is 11.6. The van der Waals surface area contributed by atoms with Gasteiger partial charge >= 0.3 is 0 Å². The van der Waals surface area contributed by atoms with Crippen molar-refractivity contribution < 1.29 is 8.42 Å². The first-order chi connectivity index (χ1) is 11.7.